The van der Waals surface area contributed by atoms with E-state index in [2.05, 4.69) is 9.71 Å². The van der Waals surface area contributed by atoms with Gasteiger partial charge >= 0.3 is 0 Å². The largest absolute Gasteiger partial charge is 0.395 e. The summed E-state index contributed by atoms with van der Waals surface area (Å²) in [5.41, 5.74) is 0.806. The van der Waals surface area contributed by atoms with Gasteiger partial charge in [0.15, 0.2) is 4.34 Å². The molecular weight excluding hydrogens is 316 g/mol. The summed E-state index contributed by atoms with van der Waals surface area (Å²) < 4.78 is 28.5. The van der Waals surface area contributed by atoms with Crippen molar-refractivity contribution in [3.8, 4) is 0 Å². The van der Waals surface area contributed by atoms with Crippen LogP contribution in [-0.2, 0) is 10.0 Å². The van der Waals surface area contributed by atoms with Crippen molar-refractivity contribution >= 4 is 43.3 Å². The molecule has 20 heavy (non-hydrogen) atoms. The molecule has 5 nitrogen and oxygen atoms in total. The summed E-state index contributed by atoms with van der Waals surface area (Å²) >= 11 is 3.12. The molecule has 0 amide bonds. The number of aromatic nitrogens is 1. The molecule has 0 radical (unpaired) electrons. The second-order valence-electron chi connectivity index (χ2n) is 4.25. The third-order valence-corrected chi connectivity index (χ3v) is 6.18. The van der Waals surface area contributed by atoms with Crippen LogP contribution >= 0.6 is 23.1 Å². The molecular formula is C12H16N2O3S3. The van der Waals surface area contributed by atoms with Gasteiger partial charge in [0.2, 0.25) is 10.0 Å². The van der Waals surface area contributed by atoms with Gasteiger partial charge in [-0.15, -0.1) is 11.3 Å². The Morgan fingerprint density at radius 2 is 2.25 bits per heavy atom. The monoisotopic (exact) mass is 332 g/mol. The Morgan fingerprint density at radius 1 is 1.50 bits per heavy atom. The molecule has 0 aliphatic rings. The van der Waals surface area contributed by atoms with Crippen LogP contribution < -0.4 is 4.72 Å². The molecule has 1 unspecified atom stereocenters. The summed E-state index contributed by atoms with van der Waals surface area (Å²) in [7, 11) is -3.60. The van der Waals surface area contributed by atoms with E-state index in [0.29, 0.717) is 0 Å². The number of aliphatic hydroxyl groups is 1. The first-order chi connectivity index (χ1) is 9.46. The van der Waals surface area contributed by atoms with Crippen molar-refractivity contribution in [1.29, 1.82) is 0 Å². The predicted molar refractivity (Wildman–Crippen MR) is 82.9 cm³/mol. The predicted octanol–water partition coefficient (Wildman–Crippen LogP) is 2.07. The van der Waals surface area contributed by atoms with Crippen LogP contribution in [0.25, 0.3) is 10.2 Å². The molecule has 1 heterocycles. The molecule has 0 bridgehead atoms. The van der Waals surface area contributed by atoms with Crippen LogP contribution in [0.5, 0.6) is 0 Å². The Kier molecular flexibility index (Phi) is 5.03. The first-order valence-electron chi connectivity index (χ1n) is 6.13. The van der Waals surface area contributed by atoms with Crippen LogP contribution in [0.4, 0.5) is 0 Å². The zero-order valence-electron chi connectivity index (χ0n) is 11.2. The molecule has 2 N–H and O–H groups in total. The van der Waals surface area contributed by atoms with E-state index >= 15 is 0 Å². The molecule has 0 fully saturated rings. The van der Waals surface area contributed by atoms with Gasteiger partial charge in [-0.25, -0.2) is 18.1 Å². The number of thiazole rings is 1. The number of sulfonamides is 1. The van der Waals surface area contributed by atoms with Gasteiger partial charge in [0.1, 0.15) is 0 Å². The Balaban J connectivity index is 2.35. The maximum absolute atomic E-state index is 12.1. The Bertz CT molecular complexity index is 697. The number of benzene rings is 1. The van der Waals surface area contributed by atoms with Gasteiger partial charge in [0.25, 0.3) is 0 Å². The third kappa shape index (κ3) is 3.50. The molecule has 0 aliphatic carbocycles. The number of nitrogens with one attached hydrogen (secondary N) is 1. The second kappa shape index (κ2) is 6.40. The van der Waals surface area contributed by atoms with E-state index in [1.54, 1.807) is 30.8 Å². The lowest BCUT2D eigenvalue weighted by atomic mass is 10.3. The summed E-state index contributed by atoms with van der Waals surface area (Å²) in [4.78, 5) is 4.63. The SMILES string of the molecule is CCSc1nc2ccc(S(=O)(=O)NC(C)CO)cc2s1. The minimum Gasteiger partial charge on any atom is -0.395 e. The number of aliphatic hydroxyl groups excluding tert-OH is 1. The van der Waals surface area contributed by atoms with E-state index in [1.165, 1.54) is 17.4 Å². The second-order valence-corrected chi connectivity index (χ2v) is 8.50. The van der Waals surface area contributed by atoms with Crippen LogP contribution in [0.2, 0.25) is 0 Å². The van der Waals surface area contributed by atoms with E-state index < -0.39 is 16.1 Å². The van der Waals surface area contributed by atoms with Crippen molar-refractivity contribution in [2.75, 3.05) is 12.4 Å². The van der Waals surface area contributed by atoms with E-state index in [0.717, 1.165) is 20.3 Å². The Morgan fingerprint density at radius 3 is 2.90 bits per heavy atom. The lowest BCUT2D eigenvalue weighted by Crippen LogP contribution is -2.34. The van der Waals surface area contributed by atoms with Gasteiger partial charge in [0.05, 0.1) is 21.7 Å². The highest BCUT2D eigenvalue weighted by Gasteiger charge is 2.18. The summed E-state index contributed by atoms with van der Waals surface area (Å²) in [6, 6.07) is 4.36. The standard InChI is InChI=1S/C12H16N2O3S3/c1-3-18-12-13-10-5-4-9(6-11(10)19-12)20(16,17)14-8(2)7-15/h4-6,8,14-15H,3,7H2,1-2H3. The van der Waals surface area contributed by atoms with E-state index in [-0.39, 0.29) is 11.5 Å². The minimum atomic E-state index is -3.60. The first kappa shape index (κ1) is 15.7. The molecule has 2 aromatic rings. The number of rotatable bonds is 6. The fourth-order valence-corrected chi connectivity index (χ4v) is 4.95. The summed E-state index contributed by atoms with van der Waals surface area (Å²) in [6.45, 7) is 3.42. The maximum Gasteiger partial charge on any atom is 0.240 e. The Hall–Kier alpha value is -0.670. The van der Waals surface area contributed by atoms with Gasteiger partial charge < -0.3 is 5.11 Å². The highest BCUT2D eigenvalue weighted by Crippen LogP contribution is 2.30. The third-order valence-electron chi connectivity index (χ3n) is 2.55. The zero-order chi connectivity index (χ0) is 14.8. The average Bonchev–Trinajstić information content (AvgIpc) is 2.79. The molecule has 0 aliphatic heterocycles. The highest BCUT2D eigenvalue weighted by molar-refractivity contribution is 8.01. The van der Waals surface area contributed by atoms with Crippen molar-refractivity contribution < 1.29 is 13.5 Å². The minimum absolute atomic E-state index is 0.196. The molecule has 0 spiro atoms. The molecule has 1 atom stereocenters. The molecule has 1 aromatic carbocycles. The van der Waals surface area contributed by atoms with Crippen LogP contribution in [0, 0.1) is 0 Å². The van der Waals surface area contributed by atoms with Crippen LogP contribution in [0.3, 0.4) is 0 Å². The number of fused-ring (bicyclic) bond motifs is 1. The molecule has 1 aromatic heterocycles. The lowest BCUT2D eigenvalue weighted by molar-refractivity contribution is 0.265. The Labute approximate surface area is 126 Å². The van der Waals surface area contributed by atoms with Crippen molar-refractivity contribution in [2.24, 2.45) is 0 Å². The van der Waals surface area contributed by atoms with Crippen LogP contribution in [0.15, 0.2) is 27.4 Å². The molecule has 2 rings (SSSR count). The van der Waals surface area contributed by atoms with E-state index in [9.17, 15) is 8.42 Å². The van der Waals surface area contributed by atoms with Gasteiger partial charge in [-0.2, -0.15) is 0 Å². The van der Waals surface area contributed by atoms with E-state index in [1.807, 2.05) is 6.92 Å². The molecule has 0 saturated carbocycles. The number of thioether (sulfide) groups is 1. The highest BCUT2D eigenvalue weighted by atomic mass is 32.2. The van der Waals surface area contributed by atoms with E-state index in [4.69, 9.17) is 5.11 Å². The normalized spacial score (nSPS) is 13.8. The maximum atomic E-state index is 12.1. The lowest BCUT2D eigenvalue weighted by Gasteiger charge is -2.11. The van der Waals surface area contributed by atoms with Crippen molar-refractivity contribution in [2.45, 2.75) is 29.1 Å². The first-order valence-corrected chi connectivity index (χ1v) is 9.41. The van der Waals surface area contributed by atoms with Crippen LogP contribution in [0.1, 0.15) is 13.8 Å². The van der Waals surface area contributed by atoms with Crippen molar-refractivity contribution in [3.63, 3.8) is 0 Å². The van der Waals surface area contributed by atoms with Gasteiger partial charge in [-0.1, -0.05) is 18.7 Å². The van der Waals surface area contributed by atoms with Gasteiger partial charge in [-0.3, -0.25) is 0 Å². The number of hydrogen-bond donors (Lipinski definition) is 2. The fourth-order valence-electron chi connectivity index (χ4n) is 1.61. The van der Waals surface area contributed by atoms with Gasteiger partial charge in [0, 0.05) is 6.04 Å². The topological polar surface area (TPSA) is 79.3 Å². The summed E-state index contributed by atoms with van der Waals surface area (Å²) in [5.74, 6) is 0.931. The number of nitrogens with zero attached hydrogens (tertiary/aromatic N) is 1. The van der Waals surface area contributed by atoms with Gasteiger partial charge in [-0.05, 0) is 30.9 Å². The summed E-state index contributed by atoms with van der Waals surface area (Å²) in [6.07, 6.45) is 0. The molecule has 110 valence electrons. The summed E-state index contributed by atoms with van der Waals surface area (Å²) in [5, 5.41) is 8.94. The van der Waals surface area contributed by atoms with Crippen molar-refractivity contribution in [3.05, 3.63) is 18.2 Å². The fraction of sp³-hybridized carbons (Fsp3) is 0.417. The quantitative estimate of drug-likeness (QED) is 0.792. The van der Waals surface area contributed by atoms with Crippen LogP contribution in [-0.4, -0.2) is 36.9 Å². The molecule has 0 saturated heterocycles. The average molecular weight is 332 g/mol. The molecule has 8 heteroatoms. The zero-order valence-corrected chi connectivity index (χ0v) is 13.6. The van der Waals surface area contributed by atoms with Crippen molar-refractivity contribution in [1.82, 2.24) is 9.71 Å². The number of hydrogen-bond acceptors (Lipinski definition) is 6. The smallest absolute Gasteiger partial charge is 0.240 e.